The number of carbonyl (C=O) groups excluding carboxylic acids is 2. The van der Waals surface area contributed by atoms with E-state index in [2.05, 4.69) is 15.6 Å². The minimum Gasteiger partial charge on any atom is -0.321 e. The van der Waals surface area contributed by atoms with Gasteiger partial charge in [0.15, 0.2) is 0 Å². The third kappa shape index (κ3) is 6.02. The number of aryl methyl sites for hydroxylation is 1. The number of thiophene rings is 1. The smallest absolute Gasteiger partial charge is 0.272 e. The lowest BCUT2D eigenvalue weighted by Crippen LogP contribution is -2.31. The van der Waals surface area contributed by atoms with E-state index in [0.29, 0.717) is 11.3 Å². The molecule has 5 nitrogen and oxygen atoms in total. The van der Waals surface area contributed by atoms with Crippen molar-refractivity contribution in [1.82, 2.24) is 10.3 Å². The summed E-state index contributed by atoms with van der Waals surface area (Å²) in [5.74, 6) is -0.703. The van der Waals surface area contributed by atoms with Crippen LogP contribution in [0.4, 0.5) is 5.69 Å². The molecule has 0 radical (unpaired) electrons. The molecule has 0 bridgehead atoms. The van der Waals surface area contributed by atoms with Crippen LogP contribution in [0.3, 0.4) is 0 Å². The molecule has 0 unspecified atom stereocenters. The topological polar surface area (TPSA) is 71.1 Å². The van der Waals surface area contributed by atoms with Crippen LogP contribution in [0.1, 0.15) is 31.9 Å². The molecule has 0 aliphatic rings. The summed E-state index contributed by atoms with van der Waals surface area (Å²) in [6, 6.07) is 22.7. The van der Waals surface area contributed by atoms with Crippen molar-refractivity contribution in [2.24, 2.45) is 0 Å². The number of hydrogen-bond acceptors (Lipinski definition) is 4. The number of carbonyl (C=O) groups is 2. The molecule has 164 valence electrons. The minimum absolute atomic E-state index is 0.187. The zero-order chi connectivity index (χ0) is 23.0. The van der Waals surface area contributed by atoms with Crippen molar-refractivity contribution < 1.29 is 9.59 Å². The summed E-state index contributed by atoms with van der Waals surface area (Å²) < 4.78 is 0. The molecule has 0 saturated carbocycles. The first-order chi connectivity index (χ1) is 16.1. The molecule has 0 spiro atoms. The molecular weight excluding hydrogens is 430 g/mol. The zero-order valence-corrected chi connectivity index (χ0v) is 18.9. The maximum atomic E-state index is 13.1. The van der Waals surface area contributed by atoms with Crippen molar-refractivity contribution in [3.63, 3.8) is 0 Å². The Hall–Kier alpha value is -4.03. The van der Waals surface area contributed by atoms with Crippen LogP contribution < -0.4 is 10.6 Å². The highest BCUT2D eigenvalue weighted by atomic mass is 32.1. The summed E-state index contributed by atoms with van der Waals surface area (Å²) in [5, 5.41) is 7.60. The number of amides is 2. The molecule has 2 heterocycles. The summed E-state index contributed by atoms with van der Waals surface area (Å²) in [6.45, 7) is 1.87. The second kappa shape index (κ2) is 10.5. The van der Waals surface area contributed by atoms with Crippen molar-refractivity contribution in [3.8, 4) is 0 Å². The Balaban J connectivity index is 1.49. The fourth-order valence-electron chi connectivity index (χ4n) is 3.33. The Kier molecular flexibility index (Phi) is 7.07. The Bertz CT molecular complexity index is 1260. The lowest BCUT2D eigenvalue weighted by Gasteiger charge is -2.12. The van der Waals surface area contributed by atoms with Gasteiger partial charge in [-0.3, -0.25) is 14.6 Å². The predicted octanol–water partition coefficient (Wildman–Crippen LogP) is 5.45. The number of anilines is 1. The van der Waals surface area contributed by atoms with Crippen molar-refractivity contribution >= 4 is 34.9 Å². The molecule has 0 fully saturated rings. The van der Waals surface area contributed by atoms with E-state index in [1.165, 1.54) is 16.9 Å². The van der Waals surface area contributed by atoms with Gasteiger partial charge in [0, 0.05) is 28.5 Å². The quantitative estimate of drug-likeness (QED) is 0.366. The monoisotopic (exact) mass is 453 g/mol. The van der Waals surface area contributed by atoms with Crippen LogP contribution in [0.2, 0.25) is 0 Å². The number of nitrogens with zero attached hydrogens (tertiary/aromatic N) is 1. The van der Waals surface area contributed by atoms with Gasteiger partial charge in [-0.25, -0.2) is 0 Å². The van der Waals surface area contributed by atoms with E-state index in [9.17, 15) is 9.59 Å². The third-order valence-electron chi connectivity index (χ3n) is 5.08. The van der Waals surface area contributed by atoms with E-state index >= 15 is 0 Å². The molecule has 0 atom stereocenters. The molecular formula is C27H23N3O2S. The largest absolute Gasteiger partial charge is 0.321 e. The number of hydrogen-bond donors (Lipinski definition) is 2. The van der Waals surface area contributed by atoms with Gasteiger partial charge in [0.05, 0.1) is 0 Å². The second-order valence-electron chi connectivity index (χ2n) is 7.53. The molecule has 0 aliphatic heterocycles. The predicted molar refractivity (Wildman–Crippen MR) is 133 cm³/mol. The van der Waals surface area contributed by atoms with E-state index in [-0.39, 0.29) is 17.5 Å². The molecule has 33 heavy (non-hydrogen) atoms. The van der Waals surface area contributed by atoms with Crippen LogP contribution in [-0.4, -0.2) is 16.8 Å². The van der Waals surface area contributed by atoms with Crippen LogP contribution >= 0.6 is 11.3 Å². The van der Waals surface area contributed by atoms with E-state index in [4.69, 9.17) is 0 Å². The number of nitrogens with one attached hydrogen (secondary N) is 2. The Labute approximate surface area is 196 Å². The van der Waals surface area contributed by atoms with Gasteiger partial charge in [-0.2, -0.15) is 0 Å². The van der Waals surface area contributed by atoms with Gasteiger partial charge >= 0.3 is 0 Å². The molecule has 4 rings (SSSR count). The Morgan fingerprint density at radius 1 is 0.909 bits per heavy atom. The number of benzene rings is 2. The standard InChI is InChI=1S/C27H23N3O2S/c1-19-5-2-3-7-24(19)26(31)30-25(18-23-6-4-16-33-23)27(32)29-22-10-8-20(9-11-22)17-21-12-14-28-15-13-21/h2-16,18H,17H2,1H3,(H,29,32)(H,30,31)/b25-18-. The minimum atomic E-state index is -0.382. The molecule has 2 N–H and O–H groups in total. The Morgan fingerprint density at radius 2 is 1.64 bits per heavy atom. The third-order valence-corrected chi connectivity index (χ3v) is 5.90. The van der Waals surface area contributed by atoms with Crippen molar-refractivity contribution in [3.05, 3.63) is 123 Å². The molecule has 6 heteroatoms. The van der Waals surface area contributed by atoms with Gasteiger partial charge in [0.1, 0.15) is 5.70 Å². The van der Waals surface area contributed by atoms with Crippen LogP contribution in [0.15, 0.2) is 96.3 Å². The molecule has 4 aromatic rings. The molecule has 0 saturated heterocycles. The number of pyridine rings is 1. The second-order valence-corrected chi connectivity index (χ2v) is 8.51. The fourth-order valence-corrected chi connectivity index (χ4v) is 3.99. The first-order valence-electron chi connectivity index (χ1n) is 10.5. The van der Waals surface area contributed by atoms with Crippen LogP contribution in [-0.2, 0) is 11.2 Å². The van der Waals surface area contributed by atoms with Gasteiger partial charge in [0.2, 0.25) is 0 Å². The van der Waals surface area contributed by atoms with Gasteiger partial charge in [-0.1, -0.05) is 36.4 Å². The maximum absolute atomic E-state index is 13.1. The summed E-state index contributed by atoms with van der Waals surface area (Å²) in [4.78, 5) is 30.8. The van der Waals surface area contributed by atoms with Gasteiger partial charge < -0.3 is 10.6 Å². The van der Waals surface area contributed by atoms with E-state index in [0.717, 1.165) is 22.4 Å². The number of aromatic nitrogens is 1. The SMILES string of the molecule is Cc1ccccc1C(=O)N/C(=C\c1cccs1)C(=O)Nc1ccc(Cc2ccncc2)cc1. The molecule has 2 amide bonds. The van der Waals surface area contributed by atoms with Gasteiger partial charge in [0.25, 0.3) is 11.8 Å². The highest BCUT2D eigenvalue weighted by Crippen LogP contribution is 2.17. The number of rotatable bonds is 7. The van der Waals surface area contributed by atoms with Crippen molar-refractivity contribution in [1.29, 1.82) is 0 Å². The summed E-state index contributed by atoms with van der Waals surface area (Å²) in [5.41, 5.74) is 4.51. The molecule has 2 aromatic heterocycles. The van der Waals surface area contributed by atoms with Crippen molar-refractivity contribution in [2.75, 3.05) is 5.32 Å². The first kappa shape index (κ1) is 22.2. The van der Waals surface area contributed by atoms with Crippen LogP contribution in [0.25, 0.3) is 6.08 Å². The van der Waals surface area contributed by atoms with Crippen LogP contribution in [0, 0.1) is 6.92 Å². The van der Waals surface area contributed by atoms with Crippen molar-refractivity contribution in [2.45, 2.75) is 13.3 Å². The highest BCUT2D eigenvalue weighted by Gasteiger charge is 2.16. The average Bonchev–Trinajstić information content (AvgIpc) is 3.34. The highest BCUT2D eigenvalue weighted by molar-refractivity contribution is 7.10. The van der Waals surface area contributed by atoms with E-state index < -0.39 is 0 Å². The summed E-state index contributed by atoms with van der Waals surface area (Å²) in [7, 11) is 0. The van der Waals surface area contributed by atoms with Gasteiger partial charge in [-0.15, -0.1) is 11.3 Å². The summed E-state index contributed by atoms with van der Waals surface area (Å²) >= 11 is 1.49. The van der Waals surface area contributed by atoms with E-state index in [1.807, 2.05) is 73.0 Å². The normalized spacial score (nSPS) is 11.1. The molecule has 0 aliphatic carbocycles. The fraction of sp³-hybridized carbons (Fsp3) is 0.0741. The van der Waals surface area contributed by atoms with Crippen LogP contribution in [0.5, 0.6) is 0 Å². The van der Waals surface area contributed by atoms with E-state index in [1.54, 1.807) is 30.6 Å². The molecule has 2 aromatic carbocycles. The zero-order valence-electron chi connectivity index (χ0n) is 18.1. The lowest BCUT2D eigenvalue weighted by molar-refractivity contribution is -0.113. The Morgan fingerprint density at radius 3 is 2.33 bits per heavy atom. The first-order valence-corrected chi connectivity index (χ1v) is 11.4. The average molecular weight is 454 g/mol. The summed E-state index contributed by atoms with van der Waals surface area (Å²) in [6.07, 6.45) is 6.02. The maximum Gasteiger partial charge on any atom is 0.272 e. The van der Waals surface area contributed by atoms with Gasteiger partial charge in [-0.05, 0) is 77.9 Å². The lowest BCUT2D eigenvalue weighted by atomic mass is 10.1.